The van der Waals surface area contributed by atoms with Crippen LogP contribution in [0.4, 0.5) is 5.69 Å². The second kappa shape index (κ2) is 9.80. The number of carbonyl (C=O) groups excluding carboxylic acids is 1. The van der Waals surface area contributed by atoms with Crippen LogP contribution in [0.5, 0.6) is 0 Å². The van der Waals surface area contributed by atoms with Crippen LogP contribution in [-0.2, 0) is 4.79 Å². The summed E-state index contributed by atoms with van der Waals surface area (Å²) in [5.74, 6) is -0.0526. The Kier molecular flexibility index (Phi) is 6.47. The maximum atomic E-state index is 12.9. The second-order valence-electron chi connectivity index (χ2n) is 7.98. The summed E-state index contributed by atoms with van der Waals surface area (Å²) in [6.45, 7) is 4.23. The number of para-hydroxylation sites is 1. The van der Waals surface area contributed by atoms with Crippen LogP contribution in [0, 0.1) is 11.3 Å². The smallest absolute Gasteiger partial charge is 0.266 e. The molecule has 1 aromatic heterocycles. The number of aromatic nitrogens is 2. The molecule has 0 aliphatic carbocycles. The Bertz CT molecular complexity index is 1310. The molecule has 0 fully saturated rings. The van der Waals surface area contributed by atoms with Gasteiger partial charge in [0, 0.05) is 23.0 Å². The van der Waals surface area contributed by atoms with Crippen LogP contribution >= 0.6 is 0 Å². The summed E-state index contributed by atoms with van der Waals surface area (Å²) in [5.41, 5.74) is 5.02. The van der Waals surface area contributed by atoms with Crippen molar-refractivity contribution in [1.29, 1.82) is 5.26 Å². The Labute approximate surface area is 193 Å². The molecular weight excluding hydrogens is 408 g/mol. The zero-order valence-electron chi connectivity index (χ0n) is 18.6. The van der Waals surface area contributed by atoms with E-state index in [9.17, 15) is 10.1 Å². The van der Waals surface area contributed by atoms with Crippen LogP contribution in [0.2, 0.25) is 0 Å². The SMILES string of the molecule is CC(C)c1ccc(NC(=O)/C(C#N)=C/c2cn(-c3ccccc3)nc2-c2ccccc2)cc1. The van der Waals surface area contributed by atoms with E-state index in [2.05, 4.69) is 19.2 Å². The lowest BCUT2D eigenvalue weighted by Gasteiger charge is -2.08. The Morgan fingerprint density at radius 1 is 0.970 bits per heavy atom. The first-order valence-electron chi connectivity index (χ1n) is 10.8. The predicted molar refractivity (Wildman–Crippen MR) is 132 cm³/mol. The molecule has 0 bridgehead atoms. The molecule has 1 amide bonds. The van der Waals surface area contributed by atoms with Gasteiger partial charge in [0.2, 0.25) is 0 Å². The average Bonchev–Trinajstić information content (AvgIpc) is 3.28. The van der Waals surface area contributed by atoms with Gasteiger partial charge in [0.05, 0.1) is 11.4 Å². The first-order chi connectivity index (χ1) is 16.0. The molecule has 5 nitrogen and oxygen atoms in total. The molecular formula is C28H24N4O. The lowest BCUT2D eigenvalue weighted by Crippen LogP contribution is -2.13. The third-order valence-electron chi connectivity index (χ3n) is 5.31. The maximum Gasteiger partial charge on any atom is 0.266 e. The topological polar surface area (TPSA) is 70.7 Å². The maximum absolute atomic E-state index is 12.9. The van der Waals surface area contributed by atoms with E-state index in [1.807, 2.05) is 97.2 Å². The van der Waals surface area contributed by atoms with Gasteiger partial charge in [-0.25, -0.2) is 4.68 Å². The summed E-state index contributed by atoms with van der Waals surface area (Å²) in [6.07, 6.45) is 3.42. The number of nitrogens with zero attached hydrogens (tertiary/aromatic N) is 3. The highest BCUT2D eigenvalue weighted by Crippen LogP contribution is 2.26. The van der Waals surface area contributed by atoms with Crippen molar-refractivity contribution in [3.8, 4) is 23.0 Å². The number of rotatable bonds is 6. The lowest BCUT2D eigenvalue weighted by atomic mass is 10.0. The molecule has 0 atom stereocenters. The predicted octanol–water partition coefficient (Wildman–Crippen LogP) is 6.21. The minimum Gasteiger partial charge on any atom is -0.321 e. The van der Waals surface area contributed by atoms with Crippen molar-refractivity contribution in [2.45, 2.75) is 19.8 Å². The van der Waals surface area contributed by atoms with Crippen molar-refractivity contribution < 1.29 is 4.79 Å². The van der Waals surface area contributed by atoms with E-state index in [-0.39, 0.29) is 5.57 Å². The van der Waals surface area contributed by atoms with E-state index >= 15 is 0 Å². The summed E-state index contributed by atoms with van der Waals surface area (Å²) in [4.78, 5) is 12.9. The van der Waals surface area contributed by atoms with Gasteiger partial charge < -0.3 is 5.32 Å². The molecule has 5 heteroatoms. The molecule has 0 spiro atoms. The van der Waals surface area contributed by atoms with Gasteiger partial charge in [0.15, 0.2) is 0 Å². The van der Waals surface area contributed by atoms with Crippen molar-refractivity contribution >= 4 is 17.7 Å². The molecule has 4 aromatic rings. The summed E-state index contributed by atoms with van der Waals surface area (Å²) in [6, 6.07) is 29.1. The minimum atomic E-state index is -0.457. The van der Waals surface area contributed by atoms with Crippen LogP contribution in [0.1, 0.15) is 30.9 Å². The molecule has 1 heterocycles. The van der Waals surface area contributed by atoms with Gasteiger partial charge in [-0.2, -0.15) is 10.4 Å². The van der Waals surface area contributed by atoms with Crippen LogP contribution in [0.25, 0.3) is 23.0 Å². The summed E-state index contributed by atoms with van der Waals surface area (Å²) < 4.78 is 1.76. The zero-order valence-corrected chi connectivity index (χ0v) is 18.6. The molecule has 1 N–H and O–H groups in total. The van der Waals surface area contributed by atoms with E-state index in [4.69, 9.17) is 5.10 Å². The number of benzene rings is 3. The number of amides is 1. The fourth-order valence-electron chi connectivity index (χ4n) is 3.48. The monoisotopic (exact) mass is 432 g/mol. The van der Waals surface area contributed by atoms with Crippen LogP contribution in [0.3, 0.4) is 0 Å². The minimum absolute atomic E-state index is 0.00716. The summed E-state index contributed by atoms with van der Waals surface area (Å²) in [7, 11) is 0. The summed E-state index contributed by atoms with van der Waals surface area (Å²) >= 11 is 0. The van der Waals surface area contributed by atoms with Crippen molar-refractivity contribution in [2.75, 3.05) is 5.32 Å². The van der Waals surface area contributed by atoms with Crippen LogP contribution < -0.4 is 5.32 Å². The Morgan fingerprint density at radius 2 is 1.61 bits per heavy atom. The van der Waals surface area contributed by atoms with Gasteiger partial charge >= 0.3 is 0 Å². The molecule has 0 aliphatic heterocycles. The average molecular weight is 433 g/mol. The number of nitriles is 1. The molecule has 0 aliphatic rings. The lowest BCUT2D eigenvalue weighted by molar-refractivity contribution is -0.112. The van der Waals surface area contributed by atoms with E-state index < -0.39 is 5.91 Å². The van der Waals surface area contributed by atoms with E-state index in [1.165, 1.54) is 5.56 Å². The highest BCUT2D eigenvalue weighted by molar-refractivity contribution is 6.10. The van der Waals surface area contributed by atoms with Crippen molar-refractivity contribution in [3.05, 3.63) is 108 Å². The standard InChI is InChI=1S/C28H24N4O/c1-20(2)21-13-15-25(16-14-21)30-28(33)23(18-29)17-24-19-32(26-11-7-4-8-12-26)31-27(24)22-9-5-3-6-10-22/h3-17,19-20H,1-2H3,(H,30,33)/b23-17+. The van der Waals surface area contributed by atoms with Crippen molar-refractivity contribution in [3.63, 3.8) is 0 Å². The second-order valence-corrected chi connectivity index (χ2v) is 7.98. The Balaban J connectivity index is 1.68. The fraction of sp³-hybridized carbons (Fsp3) is 0.107. The zero-order chi connectivity index (χ0) is 23.2. The number of anilines is 1. The Hall–Kier alpha value is -4.43. The van der Waals surface area contributed by atoms with Crippen LogP contribution in [0.15, 0.2) is 96.7 Å². The fourth-order valence-corrected chi connectivity index (χ4v) is 3.48. The van der Waals surface area contributed by atoms with E-state index in [1.54, 1.807) is 10.8 Å². The molecule has 3 aromatic carbocycles. The van der Waals surface area contributed by atoms with Gasteiger partial charge in [-0.05, 0) is 41.8 Å². The molecule has 162 valence electrons. The normalized spacial score (nSPS) is 11.3. The van der Waals surface area contributed by atoms with Crippen molar-refractivity contribution in [1.82, 2.24) is 9.78 Å². The summed E-state index contributed by atoms with van der Waals surface area (Å²) in [5, 5.41) is 17.3. The van der Waals surface area contributed by atoms with Gasteiger partial charge in [0.1, 0.15) is 11.6 Å². The number of carbonyl (C=O) groups is 1. The largest absolute Gasteiger partial charge is 0.321 e. The first kappa shape index (κ1) is 21.8. The molecule has 0 saturated carbocycles. The highest BCUT2D eigenvalue weighted by atomic mass is 16.1. The van der Waals surface area contributed by atoms with Gasteiger partial charge in [-0.15, -0.1) is 0 Å². The van der Waals surface area contributed by atoms with Crippen molar-refractivity contribution in [2.24, 2.45) is 0 Å². The van der Waals surface area contributed by atoms with Gasteiger partial charge in [0.25, 0.3) is 5.91 Å². The highest BCUT2D eigenvalue weighted by Gasteiger charge is 2.15. The quantitative estimate of drug-likeness (QED) is 0.291. The first-order valence-corrected chi connectivity index (χ1v) is 10.8. The Morgan fingerprint density at radius 3 is 2.21 bits per heavy atom. The molecule has 4 rings (SSSR count). The third-order valence-corrected chi connectivity index (χ3v) is 5.31. The van der Waals surface area contributed by atoms with E-state index in [0.717, 1.165) is 11.3 Å². The van der Waals surface area contributed by atoms with Gasteiger partial charge in [-0.3, -0.25) is 4.79 Å². The van der Waals surface area contributed by atoms with Crippen LogP contribution in [-0.4, -0.2) is 15.7 Å². The molecule has 0 saturated heterocycles. The van der Waals surface area contributed by atoms with E-state index in [0.29, 0.717) is 22.9 Å². The van der Waals surface area contributed by atoms with Gasteiger partial charge in [-0.1, -0.05) is 74.5 Å². The number of hydrogen-bond acceptors (Lipinski definition) is 3. The molecule has 0 unspecified atom stereocenters. The third kappa shape index (κ3) is 5.08. The number of nitrogens with one attached hydrogen (secondary N) is 1. The molecule has 0 radical (unpaired) electrons. The number of hydrogen-bond donors (Lipinski definition) is 1. The molecule has 33 heavy (non-hydrogen) atoms.